The number of fused-ring (bicyclic) bond motifs is 1. The molecule has 0 amide bonds. The smallest absolute Gasteiger partial charge is 0.124 e. The summed E-state index contributed by atoms with van der Waals surface area (Å²) in [5, 5.41) is 2.34. The number of nitrogens with two attached hydrogens (primary N) is 1. The highest BCUT2D eigenvalue weighted by Crippen LogP contribution is 2.34. The van der Waals surface area contributed by atoms with E-state index in [0.29, 0.717) is 0 Å². The molecule has 0 aliphatic carbocycles. The highest BCUT2D eigenvalue weighted by atomic mass is 35.5. The maximum absolute atomic E-state index is 6.30. The molecule has 2 aromatic rings. The van der Waals surface area contributed by atoms with Crippen molar-refractivity contribution in [1.82, 2.24) is 0 Å². The van der Waals surface area contributed by atoms with Crippen LogP contribution in [0.25, 0.3) is 10.8 Å². The van der Waals surface area contributed by atoms with E-state index in [1.807, 2.05) is 25.1 Å². The number of halogens is 1. The van der Waals surface area contributed by atoms with Crippen molar-refractivity contribution in [3.63, 3.8) is 0 Å². The molecule has 0 unspecified atom stereocenters. The number of ether oxygens (including phenoxy) is 1. The summed E-state index contributed by atoms with van der Waals surface area (Å²) >= 11 is 0. The highest BCUT2D eigenvalue weighted by Gasteiger charge is 2.15. The van der Waals surface area contributed by atoms with Crippen molar-refractivity contribution in [2.24, 2.45) is 5.73 Å². The van der Waals surface area contributed by atoms with Crippen molar-refractivity contribution in [2.75, 3.05) is 7.11 Å². The average molecular weight is 278 g/mol. The predicted octanol–water partition coefficient (Wildman–Crippen LogP) is 4.24. The zero-order valence-corrected chi connectivity index (χ0v) is 12.2. The number of benzene rings is 2. The molecule has 0 fully saturated rings. The molecule has 0 aromatic heterocycles. The number of hydrogen-bond acceptors (Lipinski definition) is 2. The Kier molecular flexibility index (Phi) is 5.40. The quantitative estimate of drug-likeness (QED) is 0.849. The van der Waals surface area contributed by atoms with Crippen molar-refractivity contribution >= 4 is 23.2 Å². The summed E-state index contributed by atoms with van der Waals surface area (Å²) in [5.74, 6) is 0.849. The first kappa shape index (κ1) is 15.5. The molecule has 0 bridgehead atoms. The Morgan fingerprint density at radius 2 is 1.95 bits per heavy atom. The molecule has 2 N–H and O–H groups in total. The second-order valence-electron chi connectivity index (χ2n) is 4.67. The topological polar surface area (TPSA) is 35.2 Å². The first-order chi connectivity index (χ1) is 8.63. The monoisotopic (exact) mass is 277 g/mol. The maximum atomic E-state index is 6.30. The van der Waals surface area contributed by atoms with Crippen LogP contribution in [0.1, 0.15) is 24.9 Å². The lowest BCUT2D eigenvalue weighted by Gasteiger charge is -2.18. The van der Waals surface area contributed by atoms with Gasteiger partial charge in [-0.25, -0.2) is 0 Å². The molecule has 0 saturated carbocycles. The van der Waals surface area contributed by atoms with Gasteiger partial charge in [0.25, 0.3) is 0 Å². The van der Waals surface area contributed by atoms with Crippen LogP contribution in [0, 0.1) is 0 Å². The summed E-state index contributed by atoms with van der Waals surface area (Å²) in [4.78, 5) is 0. The third kappa shape index (κ3) is 3.28. The first-order valence-electron chi connectivity index (χ1n) is 6.09. The fraction of sp³-hybridized carbons (Fsp3) is 0.250. The molecule has 3 heteroatoms. The van der Waals surface area contributed by atoms with Gasteiger partial charge in [0, 0.05) is 11.6 Å². The van der Waals surface area contributed by atoms with E-state index in [2.05, 4.69) is 24.8 Å². The molecule has 19 heavy (non-hydrogen) atoms. The minimum Gasteiger partial charge on any atom is -0.496 e. The van der Waals surface area contributed by atoms with E-state index >= 15 is 0 Å². The van der Waals surface area contributed by atoms with Crippen molar-refractivity contribution in [2.45, 2.75) is 19.4 Å². The first-order valence-corrected chi connectivity index (χ1v) is 6.09. The van der Waals surface area contributed by atoms with Crippen molar-refractivity contribution in [1.29, 1.82) is 0 Å². The van der Waals surface area contributed by atoms with Crippen LogP contribution >= 0.6 is 12.4 Å². The predicted molar refractivity (Wildman–Crippen MR) is 84.1 cm³/mol. The average Bonchev–Trinajstić information content (AvgIpc) is 2.36. The van der Waals surface area contributed by atoms with Crippen LogP contribution in [0.2, 0.25) is 0 Å². The van der Waals surface area contributed by atoms with Gasteiger partial charge >= 0.3 is 0 Å². The summed E-state index contributed by atoms with van der Waals surface area (Å²) < 4.78 is 5.45. The van der Waals surface area contributed by atoms with Gasteiger partial charge in [0.05, 0.1) is 7.11 Å². The van der Waals surface area contributed by atoms with Crippen LogP contribution in [-0.2, 0) is 0 Å². The van der Waals surface area contributed by atoms with Gasteiger partial charge in [0.2, 0.25) is 0 Å². The lowest BCUT2D eigenvalue weighted by molar-refractivity contribution is 0.406. The number of rotatable bonds is 4. The molecule has 0 spiro atoms. The molecule has 2 nitrogen and oxygen atoms in total. The van der Waals surface area contributed by atoms with Gasteiger partial charge in [0.15, 0.2) is 0 Å². The second-order valence-corrected chi connectivity index (χ2v) is 4.67. The Hall–Kier alpha value is -1.51. The molecular weight excluding hydrogens is 258 g/mol. The van der Waals surface area contributed by atoms with Crippen molar-refractivity contribution in [3.8, 4) is 5.75 Å². The normalized spacial score (nSPS) is 11.7. The van der Waals surface area contributed by atoms with Crippen LogP contribution in [0.15, 0.2) is 48.6 Å². The Morgan fingerprint density at radius 1 is 1.26 bits per heavy atom. The van der Waals surface area contributed by atoms with Crippen LogP contribution in [0.4, 0.5) is 0 Å². The largest absolute Gasteiger partial charge is 0.496 e. The number of hydrogen-bond donors (Lipinski definition) is 1. The fourth-order valence-electron chi connectivity index (χ4n) is 2.31. The van der Waals surface area contributed by atoms with E-state index in [1.54, 1.807) is 7.11 Å². The van der Waals surface area contributed by atoms with E-state index in [9.17, 15) is 0 Å². The Labute approximate surface area is 120 Å². The molecule has 102 valence electrons. The summed E-state index contributed by atoms with van der Waals surface area (Å²) in [7, 11) is 1.68. The van der Waals surface area contributed by atoms with Crippen LogP contribution < -0.4 is 10.5 Å². The zero-order chi connectivity index (χ0) is 13.1. The van der Waals surface area contributed by atoms with Crippen molar-refractivity contribution in [3.05, 3.63) is 54.1 Å². The summed E-state index contributed by atoms with van der Waals surface area (Å²) in [6.45, 7) is 5.93. The van der Waals surface area contributed by atoms with Gasteiger partial charge in [-0.05, 0) is 30.2 Å². The summed E-state index contributed by atoms with van der Waals surface area (Å²) in [6.07, 6.45) is 0.768. The van der Waals surface area contributed by atoms with E-state index in [-0.39, 0.29) is 18.4 Å². The molecule has 0 aliphatic heterocycles. The van der Waals surface area contributed by atoms with E-state index in [4.69, 9.17) is 10.5 Å². The molecule has 0 aliphatic rings. The van der Waals surface area contributed by atoms with E-state index < -0.39 is 0 Å². The fourth-order valence-corrected chi connectivity index (χ4v) is 2.31. The zero-order valence-electron chi connectivity index (χ0n) is 11.3. The SMILES string of the molecule is C=C(C)C[C@H](N)c1c(OC)ccc2ccccc12.Cl. The van der Waals surface area contributed by atoms with Crippen molar-refractivity contribution < 1.29 is 4.74 Å². The van der Waals surface area contributed by atoms with Crippen LogP contribution in [0.5, 0.6) is 5.75 Å². The maximum Gasteiger partial charge on any atom is 0.124 e. The second kappa shape index (κ2) is 6.60. The van der Waals surface area contributed by atoms with Crippen LogP contribution in [-0.4, -0.2) is 7.11 Å². The number of methoxy groups -OCH3 is 1. The molecule has 2 rings (SSSR count). The molecule has 0 saturated heterocycles. The Bertz CT molecular complexity index is 580. The molecule has 2 aromatic carbocycles. The third-order valence-corrected chi connectivity index (χ3v) is 3.09. The standard InChI is InChI=1S/C16H19NO.ClH/c1-11(2)10-14(17)16-13-7-5-4-6-12(13)8-9-15(16)18-3;/h4-9,14H,1,10,17H2,2-3H3;1H/t14-;/m0./s1. The minimum absolute atomic E-state index is 0. The van der Waals surface area contributed by atoms with Gasteiger partial charge in [-0.3, -0.25) is 0 Å². The Morgan fingerprint density at radius 3 is 2.58 bits per heavy atom. The van der Waals surface area contributed by atoms with Gasteiger partial charge in [-0.1, -0.05) is 35.9 Å². The molecular formula is C16H20ClNO. The molecule has 1 atom stereocenters. The molecule has 0 radical (unpaired) electrons. The van der Waals surface area contributed by atoms with E-state index in [0.717, 1.165) is 28.7 Å². The van der Waals surface area contributed by atoms with Gasteiger partial charge < -0.3 is 10.5 Å². The van der Waals surface area contributed by atoms with Gasteiger partial charge in [-0.2, -0.15) is 0 Å². The highest BCUT2D eigenvalue weighted by molar-refractivity contribution is 5.88. The Balaban J connectivity index is 0.00000180. The van der Waals surface area contributed by atoms with Gasteiger partial charge in [0.1, 0.15) is 5.75 Å². The van der Waals surface area contributed by atoms with Gasteiger partial charge in [-0.15, -0.1) is 19.0 Å². The van der Waals surface area contributed by atoms with E-state index in [1.165, 1.54) is 5.39 Å². The summed E-state index contributed by atoms with van der Waals surface area (Å²) in [6, 6.07) is 12.2. The minimum atomic E-state index is -0.0800. The van der Waals surface area contributed by atoms with Crippen LogP contribution in [0.3, 0.4) is 0 Å². The summed E-state index contributed by atoms with van der Waals surface area (Å²) in [5.41, 5.74) is 8.45. The lowest BCUT2D eigenvalue weighted by atomic mass is 9.94. The molecule has 0 heterocycles. The third-order valence-electron chi connectivity index (χ3n) is 3.09. The lowest BCUT2D eigenvalue weighted by Crippen LogP contribution is -2.12.